The van der Waals surface area contributed by atoms with Crippen LogP contribution in [0.2, 0.25) is 0 Å². The predicted molar refractivity (Wildman–Crippen MR) is 131 cm³/mol. The molecule has 1 unspecified atom stereocenters. The van der Waals surface area contributed by atoms with Crippen molar-refractivity contribution in [2.45, 2.75) is 33.7 Å². The van der Waals surface area contributed by atoms with Crippen LogP contribution in [0, 0.1) is 12.7 Å². The second-order valence-corrected chi connectivity index (χ2v) is 7.33. The lowest BCUT2D eigenvalue weighted by Gasteiger charge is -2.16. The molecule has 1 aromatic carbocycles. The number of aromatic nitrogens is 1. The van der Waals surface area contributed by atoms with E-state index in [4.69, 9.17) is 4.74 Å². The number of carbonyl (C=O) groups is 2. The second-order valence-electron chi connectivity index (χ2n) is 6.30. The average Bonchev–Trinajstić information content (AvgIpc) is 3.10. The molecular formula is C20H27FIN5O3S. The van der Waals surface area contributed by atoms with Gasteiger partial charge in [0.2, 0.25) is 5.91 Å². The highest BCUT2D eigenvalue weighted by Gasteiger charge is 2.20. The highest BCUT2D eigenvalue weighted by atomic mass is 127. The molecule has 0 aliphatic carbocycles. The van der Waals surface area contributed by atoms with E-state index in [2.05, 4.69) is 25.9 Å². The molecular weight excluding hydrogens is 536 g/mol. The Kier molecular flexibility index (Phi) is 11.4. The van der Waals surface area contributed by atoms with Gasteiger partial charge in [-0.3, -0.25) is 4.79 Å². The summed E-state index contributed by atoms with van der Waals surface area (Å²) in [5, 5.41) is 9.61. The smallest absolute Gasteiger partial charge is 0.350 e. The summed E-state index contributed by atoms with van der Waals surface area (Å²) in [7, 11) is 0. The molecule has 31 heavy (non-hydrogen) atoms. The van der Waals surface area contributed by atoms with Crippen molar-refractivity contribution in [1.82, 2.24) is 15.6 Å². The van der Waals surface area contributed by atoms with Crippen molar-refractivity contribution >= 4 is 58.8 Å². The van der Waals surface area contributed by atoms with Gasteiger partial charge < -0.3 is 20.7 Å². The molecule has 8 nitrogen and oxygen atoms in total. The molecule has 1 aromatic heterocycles. The first-order chi connectivity index (χ1) is 14.3. The lowest BCUT2D eigenvalue weighted by atomic mass is 10.3. The van der Waals surface area contributed by atoms with Crippen LogP contribution < -0.4 is 16.0 Å². The van der Waals surface area contributed by atoms with Crippen LogP contribution in [0.1, 0.15) is 47.2 Å². The van der Waals surface area contributed by atoms with Crippen molar-refractivity contribution in [3.05, 3.63) is 45.7 Å². The Labute approximate surface area is 202 Å². The second kappa shape index (κ2) is 13.2. The van der Waals surface area contributed by atoms with Gasteiger partial charge in [0.05, 0.1) is 18.3 Å². The summed E-state index contributed by atoms with van der Waals surface area (Å²) in [5.74, 6) is -0.655. The number of anilines is 1. The monoisotopic (exact) mass is 563 g/mol. The zero-order valence-electron chi connectivity index (χ0n) is 17.8. The van der Waals surface area contributed by atoms with Crippen molar-refractivity contribution < 1.29 is 18.7 Å². The van der Waals surface area contributed by atoms with E-state index >= 15 is 0 Å². The molecule has 170 valence electrons. The molecule has 0 saturated heterocycles. The van der Waals surface area contributed by atoms with Gasteiger partial charge >= 0.3 is 5.97 Å². The van der Waals surface area contributed by atoms with E-state index in [1.165, 1.54) is 35.6 Å². The van der Waals surface area contributed by atoms with Gasteiger partial charge in [-0.15, -0.1) is 35.3 Å². The molecule has 0 fully saturated rings. The van der Waals surface area contributed by atoms with E-state index in [-0.39, 0.29) is 54.3 Å². The summed E-state index contributed by atoms with van der Waals surface area (Å²) < 4.78 is 18.0. The minimum absolute atomic E-state index is 0. The number of amides is 1. The van der Waals surface area contributed by atoms with Crippen LogP contribution in [0.25, 0.3) is 0 Å². The van der Waals surface area contributed by atoms with E-state index in [1.807, 2.05) is 13.8 Å². The first-order valence-electron chi connectivity index (χ1n) is 9.58. The van der Waals surface area contributed by atoms with Crippen molar-refractivity contribution in [3.63, 3.8) is 0 Å². The third-order valence-electron chi connectivity index (χ3n) is 3.85. The van der Waals surface area contributed by atoms with E-state index in [0.29, 0.717) is 40.4 Å². The number of nitrogens with one attached hydrogen (secondary N) is 3. The fraction of sp³-hybridized carbons (Fsp3) is 0.400. The molecule has 3 N–H and O–H groups in total. The summed E-state index contributed by atoms with van der Waals surface area (Å²) in [6.07, 6.45) is 0. The van der Waals surface area contributed by atoms with Crippen LogP contribution in [0.3, 0.4) is 0 Å². The molecule has 0 spiro atoms. The van der Waals surface area contributed by atoms with E-state index in [9.17, 15) is 14.0 Å². The van der Waals surface area contributed by atoms with Crippen molar-refractivity contribution in [3.8, 4) is 0 Å². The Morgan fingerprint density at radius 3 is 2.55 bits per heavy atom. The number of rotatable bonds is 8. The first-order valence-corrected chi connectivity index (χ1v) is 10.4. The molecule has 1 atom stereocenters. The molecule has 0 aliphatic heterocycles. The van der Waals surface area contributed by atoms with Crippen LogP contribution in [-0.2, 0) is 9.53 Å². The minimum Gasteiger partial charge on any atom is -0.462 e. The van der Waals surface area contributed by atoms with Gasteiger partial charge in [-0.05, 0) is 52.0 Å². The number of benzene rings is 1. The number of ether oxygens (including phenoxy) is 1. The quantitative estimate of drug-likeness (QED) is 0.196. The molecule has 1 amide bonds. The fourth-order valence-electron chi connectivity index (χ4n) is 2.46. The van der Waals surface area contributed by atoms with E-state index < -0.39 is 0 Å². The summed E-state index contributed by atoms with van der Waals surface area (Å²) in [5.41, 5.74) is 1.11. The largest absolute Gasteiger partial charge is 0.462 e. The van der Waals surface area contributed by atoms with Crippen LogP contribution in [0.15, 0.2) is 29.3 Å². The number of hydrogen-bond donors (Lipinski definition) is 3. The molecule has 0 bridgehead atoms. The number of carbonyl (C=O) groups excluding carboxylic acids is 2. The van der Waals surface area contributed by atoms with Gasteiger partial charge in [0, 0.05) is 12.2 Å². The fourth-order valence-corrected chi connectivity index (χ4v) is 3.42. The summed E-state index contributed by atoms with van der Waals surface area (Å²) in [4.78, 5) is 33.3. The highest BCUT2D eigenvalue weighted by Crippen LogP contribution is 2.24. The number of halogens is 2. The standard InChI is InChI=1S/C20H26FN5O3S.HI/c1-5-22-20(23-11-16(27)26-15-9-7-14(21)8-10-15)25-13(4)18-24-12(3)17(30-18)19(28)29-6-2;/h7-10,13H,5-6,11H2,1-4H3,(H,26,27)(H2,22,23,25);1H. The van der Waals surface area contributed by atoms with Crippen molar-refractivity contribution in [1.29, 1.82) is 0 Å². The number of nitrogens with zero attached hydrogens (tertiary/aromatic N) is 2. The summed E-state index contributed by atoms with van der Waals surface area (Å²) in [6, 6.07) is 5.26. The normalized spacial score (nSPS) is 11.8. The van der Waals surface area contributed by atoms with Gasteiger partial charge in [-0.1, -0.05) is 0 Å². The Morgan fingerprint density at radius 1 is 1.26 bits per heavy atom. The lowest BCUT2D eigenvalue weighted by molar-refractivity contribution is -0.114. The summed E-state index contributed by atoms with van der Waals surface area (Å²) in [6.45, 7) is 8.10. The van der Waals surface area contributed by atoms with E-state index in [0.717, 1.165) is 0 Å². The Hall–Kier alpha value is -2.28. The SMILES string of the molecule is CCNC(=NCC(=O)Nc1ccc(F)cc1)NC(C)c1nc(C)c(C(=O)OCC)s1.I. The topological polar surface area (TPSA) is 105 Å². The maximum absolute atomic E-state index is 13.0. The molecule has 0 saturated carbocycles. The van der Waals surface area contributed by atoms with Gasteiger partial charge in [0.1, 0.15) is 22.2 Å². The Bertz CT molecular complexity index is 905. The molecule has 0 radical (unpaired) electrons. The summed E-state index contributed by atoms with van der Waals surface area (Å²) >= 11 is 1.26. The van der Waals surface area contributed by atoms with Crippen molar-refractivity contribution in [2.75, 3.05) is 25.0 Å². The molecule has 11 heteroatoms. The Morgan fingerprint density at radius 2 is 1.94 bits per heavy atom. The third kappa shape index (κ3) is 8.40. The number of aliphatic imine (C=N–C) groups is 1. The van der Waals surface area contributed by atoms with Crippen molar-refractivity contribution in [2.24, 2.45) is 4.99 Å². The molecule has 2 rings (SSSR count). The zero-order chi connectivity index (χ0) is 22.1. The van der Waals surface area contributed by atoms with Gasteiger partial charge in [-0.25, -0.2) is 19.2 Å². The number of guanidine groups is 1. The van der Waals surface area contributed by atoms with Crippen LogP contribution in [0.4, 0.5) is 10.1 Å². The van der Waals surface area contributed by atoms with Gasteiger partial charge in [0.25, 0.3) is 0 Å². The maximum atomic E-state index is 13.0. The number of hydrogen-bond acceptors (Lipinski definition) is 6. The third-order valence-corrected chi connectivity index (χ3v) is 5.17. The Balaban J connectivity index is 0.00000480. The molecule has 1 heterocycles. The maximum Gasteiger partial charge on any atom is 0.350 e. The number of thiazole rings is 1. The van der Waals surface area contributed by atoms with Gasteiger partial charge in [-0.2, -0.15) is 0 Å². The zero-order valence-corrected chi connectivity index (χ0v) is 21.0. The molecule has 0 aliphatic rings. The minimum atomic E-state index is -0.385. The van der Waals surface area contributed by atoms with Crippen LogP contribution in [0.5, 0.6) is 0 Å². The average molecular weight is 563 g/mol. The van der Waals surface area contributed by atoms with Crippen LogP contribution in [-0.4, -0.2) is 42.5 Å². The first kappa shape index (κ1) is 26.8. The highest BCUT2D eigenvalue weighted by molar-refractivity contribution is 14.0. The number of aryl methyl sites for hydroxylation is 1. The predicted octanol–water partition coefficient (Wildman–Crippen LogP) is 3.64. The van der Waals surface area contributed by atoms with E-state index in [1.54, 1.807) is 13.8 Å². The van der Waals surface area contributed by atoms with Crippen LogP contribution >= 0.6 is 35.3 Å². The number of esters is 1. The molecule has 2 aromatic rings. The van der Waals surface area contributed by atoms with Gasteiger partial charge in [0.15, 0.2) is 5.96 Å². The lowest BCUT2D eigenvalue weighted by Crippen LogP contribution is -2.39.